The molecule has 0 saturated carbocycles. The number of methoxy groups -OCH3 is 1. The zero-order chi connectivity index (χ0) is 13.8. The Morgan fingerprint density at radius 2 is 2.21 bits per heavy atom. The van der Waals surface area contributed by atoms with E-state index in [4.69, 9.17) is 16.3 Å². The number of hydrogen-bond donors (Lipinski definition) is 1. The van der Waals surface area contributed by atoms with Crippen LogP contribution in [0.3, 0.4) is 0 Å². The van der Waals surface area contributed by atoms with Crippen LogP contribution in [0.5, 0.6) is 5.75 Å². The summed E-state index contributed by atoms with van der Waals surface area (Å²) in [6.45, 7) is 0. The third-order valence-corrected chi connectivity index (χ3v) is 3.30. The van der Waals surface area contributed by atoms with Crippen molar-refractivity contribution in [3.63, 3.8) is 0 Å². The van der Waals surface area contributed by atoms with Crippen molar-refractivity contribution in [2.24, 2.45) is 0 Å². The van der Waals surface area contributed by atoms with E-state index in [9.17, 15) is 4.79 Å². The van der Waals surface area contributed by atoms with Crippen molar-refractivity contribution in [2.45, 2.75) is 0 Å². The van der Waals surface area contributed by atoms with Crippen molar-refractivity contribution in [2.75, 3.05) is 12.4 Å². The second kappa shape index (κ2) is 6.04. The molecule has 6 heteroatoms. The maximum atomic E-state index is 12.2. The molecule has 1 heterocycles. The van der Waals surface area contributed by atoms with Crippen LogP contribution in [0, 0.1) is 0 Å². The zero-order valence-electron chi connectivity index (χ0n) is 9.98. The molecule has 0 aliphatic rings. The first-order chi connectivity index (χ1) is 9.11. The fourth-order valence-corrected chi connectivity index (χ4v) is 2.03. The second-order valence-electron chi connectivity index (χ2n) is 3.65. The molecule has 0 aliphatic carbocycles. The molecule has 1 N–H and O–H groups in total. The van der Waals surface area contributed by atoms with Crippen LogP contribution < -0.4 is 10.1 Å². The van der Waals surface area contributed by atoms with Crippen molar-refractivity contribution in [1.82, 2.24) is 4.98 Å². The number of carbonyl (C=O) groups is 1. The lowest BCUT2D eigenvalue weighted by atomic mass is 10.2. The van der Waals surface area contributed by atoms with Gasteiger partial charge in [-0.05, 0) is 40.2 Å². The smallest absolute Gasteiger partial charge is 0.259 e. The molecule has 2 aromatic rings. The molecule has 0 unspecified atom stereocenters. The lowest BCUT2D eigenvalue weighted by molar-refractivity contribution is 0.102. The number of ether oxygens (including phenoxy) is 1. The van der Waals surface area contributed by atoms with Gasteiger partial charge in [0.25, 0.3) is 5.91 Å². The number of nitrogens with one attached hydrogen (secondary N) is 1. The van der Waals surface area contributed by atoms with Crippen LogP contribution in [0.15, 0.2) is 41.1 Å². The number of rotatable bonds is 3. The SMILES string of the molecule is COc1cc(Cl)ccc1C(=O)Nc1ccncc1Br. The molecule has 4 nitrogen and oxygen atoms in total. The van der Waals surface area contributed by atoms with E-state index in [0.717, 1.165) is 0 Å². The summed E-state index contributed by atoms with van der Waals surface area (Å²) in [5.74, 6) is 0.149. The fraction of sp³-hybridized carbons (Fsp3) is 0.0769. The Hall–Kier alpha value is -1.59. The summed E-state index contributed by atoms with van der Waals surface area (Å²) in [6, 6.07) is 6.55. The molecule has 2 rings (SSSR count). The maximum Gasteiger partial charge on any atom is 0.259 e. The number of carbonyl (C=O) groups excluding carboxylic acids is 1. The first kappa shape index (κ1) is 13.8. The normalized spacial score (nSPS) is 10.1. The molecular formula is C13H10BrClN2O2. The fourth-order valence-electron chi connectivity index (χ4n) is 1.52. The molecule has 0 saturated heterocycles. The lowest BCUT2D eigenvalue weighted by Crippen LogP contribution is -2.13. The zero-order valence-corrected chi connectivity index (χ0v) is 12.3. The van der Waals surface area contributed by atoms with Crippen LogP contribution in [0.25, 0.3) is 0 Å². The molecule has 0 fully saturated rings. The first-order valence-electron chi connectivity index (χ1n) is 5.36. The van der Waals surface area contributed by atoms with E-state index in [1.165, 1.54) is 7.11 Å². The van der Waals surface area contributed by atoms with Gasteiger partial charge in [-0.25, -0.2) is 0 Å². The van der Waals surface area contributed by atoms with Gasteiger partial charge in [-0.1, -0.05) is 11.6 Å². The highest BCUT2D eigenvalue weighted by atomic mass is 79.9. The predicted octanol–water partition coefficient (Wildman–Crippen LogP) is 3.76. The Kier molecular flexibility index (Phi) is 4.39. The highest BCUT2D eigenvalue weighted by Crippen LogP contribution is 2.26. The summed E-state index contributed by atoms with van der Waals surface area (Å²) in [4.78, 5) is 16.1. The predicted molar refractivity (Wildman–Crippen MR) is 77.9 cm³/mol. The van der Waals surface area contributed by atoms with Crippen molar-refractivity contribution in [3.8, 4) is 5.75 Å². The van der Waals surface area contributed by atoms with Gasteiger partial charge in [-0.2, -0.15) is 0 Å². The maximum absolute atomic E-state index is 12.2. The Morgan fingerprint density at radius 1 is 1.42 bits per heavy atom. The minimum atomic E-state index is -0.277. The highest BCUT2D eigenvalue weighted by molar-refractivity contribution is 9.10. The highest BCUT2D eigenvalue weighted by Gasteiger charge is 2.13. The molecular weight excluding hydrogens is 332 g/mol. The number of nitrogens with zero attached hydrogens (tertiary/aromatic N) is 1. The topological polar surface area (TPSA) is 51.2 Å². The quantitative estimate of drug-likeness (QED) is 0.925. The molecule has 1 aromatic heterocycles. The number of amides is 1. The van der Waals surface area contributed by atoms with Crippen LogP contribution in [-0.2, 0) is 0 Å². The van der Waals surface area contributed by atoms with E-state index in [2.05, 4.69) is 26.2 Å². The van der Waals surface area contributed by atoms with Gasteiger partial charge in [0.1, 0.15) is 5.75 Å². The van der Waals surface area contributed by atoms with Crippen molar-refractivity contribution < 1.29 is 9.53 Å². The standard InChI is InChI=1S/C13H10BrClN2O2/c1-19-12-6-8(15)2-3-9(12)13(18)17-11-4-5-16-7-10(11)14/h2-7H,1H3,(H,16,17,18). The van der Waals surface area contributed by atoms with Gasteiger partial charge in [0.15, 0.2) is 0 Å². The molecule has 1 amide bonds. The van der Waals surface area contributed by atoms with Gasteiger partial charge in [-0.3, -0.25) is 9.78 Å². The Labute approximate surface area is 123 Å². The molecule has 0 bridgehead atoms. The van der Waals surface area contributed by atoms with E-state index in [-0.39, 0.29) is 5.91 Å². The average molecular weight is 342 g/mol. The van der Waals surface area contributed by atoms with E-state index >= 15 is 0 Å². The summed E-state index contributed by atoms with van der Waals surface area (Å²) >= 11 is 9.17. The number of pyridine rings is 1. The average Bonchev–Trinajstić information content (AvgIpc) is 2.41. The first-order valence-corrected chi connectivity index (χ1v) is 6.53. The third kappa shape index (κ3) is 3.24. The Bertz CT molecular complexity index is 619. The van der Waals surface area contributed by atoms with Crippen LogP contribution in [0.1, 0.15) is 10.4 Å². The Morgan fingerprint density at radius 3 is 2.89 bits per heavy atom. The summed E-state index contributed by atoms with van der Waals surface area (Å²) in [7, 11) is 1.49. The number of benzene rings is 1. The minimum absolute atomic E-state index is 0.277. The van der Waals surface area contributed by atoms with Gasteiger partial charge in [0.05, 0.1) is 22.8 Å². The molecule has 1 aromatic carbocycles. The number of anilines is 1. The third-order valence-electron chi connectivity index (χ3n) is 2.43. The number of halogens is 2. The molecule has 0 spiro atoms. The molecule has 19 heavy (non-hydrogen) atoms. The van der Waals surface area contributed by atoms with Crippen molar-refractivity contribution in [1.29, 1.82) is 0 Å². The van der Waals surface area contributed by atoms with Gasteiger partial charge >= 0.3 is 0 Å². The van der Waals surface area contributed by atoms with E-state index in [0.29, 0.717) is 26.5 Å². The molecule has 0 radical (unpaired) electrons. The monoisotopic (exact) mass is 340 g/mol. The minimum Gasteiger partial charge on any atom is -0.496 e. The largest absolute Gasteiger partial charge is 0.496 e. The van der Waals surface area contributed by atoms with E-state index in [1.54, 1.807) is 36.7 Å². The van der Waals surface area contributed by atoms with Gasteiger partial charge < -0.3 is 10.1 Å². The molecule has 98 valence electrons. The van der Waals surface area contributed by atoms with Crippen LogP contribution >= 0.6 is 27.5 Å². The summed E-state index contributed by atoms with van der Waals surface area (Å²) in [5.41, 5.74) is 1.05. The van der Waals surface area contributed by atoms with Crippen LogP contribution in [-0.4, -0.2) is 18.0 Å². The van der Waals surface area contributed by atoms with Crippen LogP contribution in [0.2, 0.25) is 5.02 Å². The van der Waals surface area contributed by atoms with Crippen molar-refractivity contribution in [3.05, 3.63) is 51.7 Å². The van der Waals surface area contributed by atoms with E-state index in [1.807, 2.05) is 0 Å². The second-order valence-corrected chi connectivity index (χ2v) is 4.95. The Balaban J connectivity index is 2.28. The van der Waals surface area contributed by atoms with Crippen LogP contribution in [0.4, 0.5) is 5.69 Å². The number of aromatic nitrogens is 1. The number of hydrogen-bond acceptors (Lipinski definition) is 3. The molecule has 0 aliphatic heterocycles. The van der Waals surface area contributed by atoms with E-state index < -0.39 is 0 Å². The van der Waals surface area contributed by atoms with Gasteiger partial charge in [0, 0.05) is 17.4 Å². The van der Waals surface area contributed by atoms with Gasteiger partial charge in [-0.15, -0.1) is 0 Å². The summed E-state index contributed by atoms with van der Waals surface area (Å²) < 4.78 is 5.85. The summed E-state index contributed by atoms with van der Waals surface area (Å²) in [5, 5.41) is 3.28. The lowest BCUT2D eigenvalue weighted by Gasteiger charge is -2.10. The van der Waals surface area contributed by atoms with Crippen molar-refractivity contribution >= 4 is 39.1 Å². The molecule has 0 atom stereocenters. The summed E-state index contributed by atoms with van der Waals surface area (Å²) in [6.07, 6.45) is 3.20. The van der Waals surface area contributed by atoms with Gasteiger partial charge in [0.2, 0.25) is 0 Å².